The Kier molecular flexibility index (Phi) is 7.01. The summed E-state index contributed by atoms with van der Waals surface area (Å²) in [4.78, 5) is 12.7. The van der Waals surface area contributed by atoms with Crippen molar-refractivity contribution < 1.29 is 17.9 Å². The van der Waals surface area contributed by atoms with Gasteiger partial charge in [0.1, 0.15) is 11.8 Å². The Labute approximate surface area is 165 Å². The molecule has 2 rings (SSSR count). The standard InChI is InChI=1S/C20H23N3O4S/c1-4-27-19-11-9-18(10-12-19)23(28(3,25)26)15(2)20(24)22-17-7-5-16(6-8-17)13-14-21/h5-12,15H,4,13H2,1-3H3,(H,22,24)/t15-/m1/s1. The number of carbonyl (C=O) groups is 1. The highest BCUT2D eigenvalue weighted by Gasteiger charge is 2.29. The molecule has 8 heteroatoms. The number of amides is 1. The van der Waals surface area contributed by atoms with Gasteiger partial charge in [-0.15, -0.1) is 0 Å². The van der Waals surface area contributed by atoms with Crippen LogP contribution >= 0.6 is 0 Å². The largest absolute Gasteiger partial charge is 0.494 e. The van der Waals surface area contributed by atoms with Gasteiger partial charge in [0.25, 0.3) is 0 Å². The average Bonchev–Trinajstić information content (AvgIpc) is 2.64. The van der Waals surface area contributed by atoms with Crippen LogP contribution in [0.1, 0.15) is 19.4 Å². The molecule has 2 aromatic rings. The van der Waals surface area contributed by atoms with E-state index in [-0.39, 0.29) is 6.42 Å². The van der Waals surface area contributed by atoms with Crippen LogP contribution in [-0.2, 0) is 21.2 Å². The molecule has 1 N–H and O–H groups in total. The highest BCUT2D eigenvalue weighted by molar-refractivity contribution is 7.92. The summed E-state index contributed by atoms with van der Waals surface area (Å²) in [6, 6.07) is 14.5. The summed E-state index contributed by atoms with van der Waals surface area (Å²) in [6.07, 6.45) is 1.34. The molecule has 0 spiro atoms. The van der Waals surface area contributed by atoms with E-state index < -0.39 is 22.0 Å². The minimum absolute atomic E-state index is 0.282. The quantitative estimate of drug-likeness (QED) is 0.733. The first-order valence-electron chi connectivity index (χ1n) is 8.75. The molecule has 0 bridgehead atoms. The Morgan fingerprint density at radius 2 is 1.79 bits per heavy atom. The van der Waals surface area contributed by atoms with Crippen LogP contribution in [-0.4, -0.2) is 33.2 Å². The second-order valence-electron chi connectivity index (χ2n) is 6.18. The Bertz CT molecular complexity index is 948. The van der Waals surface area contributed by atoms with Gasteiger partial charge in [0, 0.05) is 5.69 Å². The molecule has 28 heavy (non-hydrogen) atoms. The van der Waals surface area contributed by atoms with Crippen molar-refractivity contribution in [3.63, 3.8) is 0 Å². The van der Waals surface area contributed by atoms with Crippen molar-refractivity contribution in [2.75, 3.05) is 22.5 Å². The fraction of sp³-hybridized carbons (Fsp3) is 0.300. The number of anilines is 2. The summed E-state index contributed by atoms with van der Waals surface area (Å²) in [5.41, 5.74) is 1.73. The zero-order chi connectivity index (χ0) is 20.7. The molecule has 0 aliphatic carbocycles. The third-order valence-electron chi connectivity index (χ3n) is 4.00. The van der Waals surface area contributed by atoms with E-state index in [9.17, 15) is 13.2 Å². The lowest BCUT2D eigenvalue weighted by Gasteiger charge is -2.28. The van der Waals surface area contributed by atoms with E-state index in [0.717, 1.165) is 16.1 Å². The highest BCUT2D eigenvalue weighted by Crippen LogP contribution is 2.24. The van der Waals surface area contributed by atoms with E-state index in [0.29, 0.717) is 23.7 Å². The molecular formula is C20H23N3O4S. The Hall–Kier alpha value is -3.05. The van der Waals surface area contributed by atoms with Crippen LogP contribution in [0.2, 0.25) is 0 Å². The normalized spacial score (nSPS) is 11.9. The van der Waals surface area contributed by atoms with Crippen LogP contribution < -0.4 is 14.4 Å². The van der Waals surface area contributed by atoms with Crippen molar-refractivity contribution in [1.82, 2.24) is 0 Å². The molecule has 0 heterocycles. The SMILES string of the molecule is CCOc1ccc(N([C@H](C)C(=O)Nc2ccc(CC#N)cc2)S(C)(=O)=O)cc1. The topological polar surface area (TPSA) is 99.5 Å². The summed E-state index contributed by atoms with van der Waals surface area (Å²) >= 11 is 0. The first-order chi connectivity index (χ1) is 13.3. The molecule has 1 amide bonds. The third kappa shape index (κ3) is 5.47. The minimum atomic E-state index is -3.70. The van der Waals surface area contributed by atoms with Gasteiger partial charge in [-0.05, 0) is 55.8 Å². The second-order valence-corrected chi connectivity index (χ2v) is 8.04. The second kappa shape index (κ2) is 9.24. The van der Waals surface area contributed by atoms with Crippen molar-refractivity contribution in [1.29, 1.82) is 5.26 Å². The first-order valence-corrected chi connectivity index (χ1v) is 10.6. The lowest BCUT2D eigenvalue weighted by atomic mass is 10.1. The number of nitrogens with zero attached hydrogens (tertiary/aromatic N) is 2. The van der Waals surface area contributed by atoms with Gasteiger partial charge in [0.05, 0.1) is 31.0 Å². The first kappa shape index (κ1) is 21.3. The van der Waals surface area contributed by atoms with E-state index >= 15 is 0 Å². The molecule has 148 valence electrons. The summed E-state index contributed by atoms with van der Waals surface area (Å²) < 4.78 is 31.1. The lowest BCUT2D eigenvalue weighted by molar-refractivity contribution is -0.116. The molecule has 2 aromatic carbocycles. The molecule has 1 atom stereocenters. The van der Waals surface area contributed by atoms with Crippen LogP contribution in [0, 0.1) is 11.3 Å². The minimum Gasteiger partial charge on any atom is -0.494 e. The number of hydrogen-bond donors (Lipinski definition) is 1. The van der Waals surface area contributed by atoms with Crippen LogP contribution in [0.25, 0.3) is 0 Å². The van der Waals surface area contributed by atoms with Gasteiger partial charge in [-0.2, -0.15) is 5.26 Å². The highest BCUT2D eigenvalue weighted by atomic mass is 32.2. The van der Waals surface area contributed by atoms with Crippen molar-refractivity contribution in [3.05, 3.63) is 54.1 Å². The summed E-state index contributed by atoms with van der Waals surface area (Å²) in [7, 11) is -3.70. The summed E-state index contributed by atoms with van der Waals surface area (Å²) in [5.74, 6) is 0.154. The Morgan fingerprint density at radius 1 is 1.18 bits per heavy atom. The van der Waals surface area contributed by atoms with Gasteiger partial charge in [-0.3, -0.25) is 9.10 Å². The van der Waals surface area contributed by atoms with Crippen molar-refractivity contribution in [2.24, 2.45) is 0 Å². The number of hydrogen-bond acceptors (Lipinski definition) is 5. The monoisotopic (exact) mass is 401 g/mol. The summed E-state index contributed by atoms with van der Waals surface area (Å²) in [6.45, 7) is 3.88. The van der Waals surface area contributed by atoms with Crippen molar-refractivity contribution in [2.45, 2.75) is 26.3 Å². The maximum absolute atomic E-state index is 12.7. The molecule has 7 nitrogen and oxygen atoms in total. The third-order valence-corrected chi connectivity index (χ3v) is 5.24. The lowest BCUT2D eigenvalue weighted by Crippen LogP contribution is -2.45. The Morgan fingerprint density at radius 3 is 2.29 bits per heavy atom. The van der Waals surface area contributed by atoms with E-state index in [2.05, 4.69) is 11.4 Å². The number of sulfonamides is 1. The molecule has 0 aromatic heterocycles. The van der Waals surface area contributed by atoms with E-state index in [1.165, 1.54) is 6.92 Å². The van der Waals surface area contributed by atoms with Gasteiger partial charge < -0.3 is 10.1 Å². The van der Waals surface area contributed by atoms with E-state index in [4.69, 9.17) is 10.00 Å². The van der Waals surface area contributed by atoms with Crippen LogP contribution in [0.15, 0.2) is 48.5 Å². The molecule has 0 fully saturated rings. The molecule has 0 radical (unpaired) electrons. The Balaban J connectivity index is 2.21. The van der Waals surface area contributed by atoms with Gasteiger partial charge >= 0.3 is 0 Å². The molecule has 0 aliphatic rings. The maximum atomic E-state index is 12.7. The van der Waals surface area contributed by atoms with Crippen LogP contribution in [0.5, 0.6) is 5.75 Å². The molecule has 0 saturated carbocycles. The van der Waals surface area contributed by atoms with Crippen molar-refractivity contribution >= 4 is 27.3 Å². The van der Waals surface area contributed by atoms with Crippen LogP contribution in [0.3, 0.4) is 0 Å². The van der Waals surface area contributed by atoms with Gasteiger partial charge in [0.15, 0.2) is 0 Å². The zero-order valence-electron chi connectivity index (χ0n) is 16.0. The van der Waals surface area contributed by atoms with E-state index in [1.807, 2.05) is 6.92 Å². The summed E-state index contributed by atoms with van der Waals surface area (Å²) in [5, 5.41) is 11.4. The van der Waals surface area contributed by atoms with Crippen LogP contribution in [0.4, 0.5) is 11.4 Å². The van der Waals surface area contributed by atoms with Gasteiger partial charge in [-0.1, -0.05) is 12.1 Å². The predicted octanol–water partition coefficient (Wildman–Crippen LogP) is 2.94. The van der Waals surface area contributed by atoms with Crippen molar-refractivity contribution in [3.8, 4) is 11.8 Å². The molecule has 0 aliphatic heterocycles. The number of rotatable bonds is 8. The number of benzene rings is 2. The molecule has 0 unspecified atom stereocenters. The number of ether oxygens (including phenoxy) is 1. The smallest absolute Gasteiger partial charge is 0.247 e. The number of nitrogens with one attached hydrogen (secondary N) is 1. The maximum Gasteiger partial charge on any atom is 0.247 e. The van der Waals surface area contributed by atoms with Gasteiger partial charge in [-0.25, -0.2) is 8.42 Å². The fourth-order valence-electron chi connectivity index (χ4n) is 2.71. The zero-order valence-corrected chi connectivity index (χ0v) is 16.9. The van der Waals surface area contributed by atoms with E-state index in [1.54, 1.807) is 48.5 Å². The number of carbonyl (C=O) groups excluding carboxylic acids is 1. The fourth-order valence-corrected chi connectivity index (χ4v) is 3.88. The molecular weight excluding hydrogens is 378 g/mol. The predicted molar refractivity (Wildman–Crippen MR) is 109 cm³/mol. The van der Waals surface area contributed by atoms with Gasteiger partial charge in [0.2, 0.25) is 15.9 Å². The molecule has 0 saturated heterocycles. The number of nitriles is 1. The average molecular weight is 401 g/mol.